The second-order valence-electron chi connectivity index (χ2n) is 4.76. The molecule has 1 unspecified atom stereocenters. The van der Waals surface area contributed by atoms with E-state index in [2.05, 4.69) is 5.32 Å². The molecule has 1 aliphatic rings. The van der Waals surface area contributed by atoms with E-state index in [0.717, 1.165) is 6.42 Å². The van der Waals surface area contributed by atoms with Crippen molar-refractivity contribution in [2.24, 2.45) is 17.1 Å². The van der Waals surface area contributed by atoms with Crippen molar-refractivity contribution in [1.29, 1.82) is 0 Å². The molecule has 0 aromatic rings. The molecule has 1 aliphatic carbocycles. The molecule has 0 radical (unpaired) electrons. The highest BCUT2D eigenvalue weighted by atomic mass is 16.4. The molecule has 16 heavy (non-hydrogen) atoms. The summed E-state index contributed by atoms with van der Waals surface area (Å²) >= 11 is 0. The molecule has 0 bridgehead atoms. The van der Waals surface area contributed by atoms with E-state index in [1.165, 1.54) is 0 Å². The molecular weight excluding hydrogens is 208 g/mol. The highest BCUT2D eigenvalue weighted by molar-refractivity contribution is 5.79. The van der Waals surface area contributed by atoms with E-state index >= 15 is 0 Å². The molecule has 0 saturated heterocycles. The van der Waals surface area contributed by atoms with Gasteiger partial charge in [0.2, 0.25) is 5.91 Å². The molecule has 5 nitrogen and oxygen atoms in total. The fraction of sp³-hybridized carbons (Fsp3) is 0.818. The van der Waals surface area contributed by atoms with Gasteiger partial charge in [0.15, 0.2) is 0 Å². The predicted molar refractivity (Wildman–Crippen MR) is 59.8 cm³/mol. The van der Waals surface area contributed by atoms with E-state index < -0.39 is 11.4 Å². The van der Waals surface area contributed by atoms with Crippen LogP contribution in [-0.4, -0.2) is 30.1 Å². The highest BCUT2D eigenvalue weighted by Crippen LogP contribution is 2.40. The number of carboxylic acids is 1. The van der Waals surface area contributed by atoms with Crippen molar-refractivity contribution < 1.29 is 14.7 Å². The van der Waals surface area contributed by atoms with Gasteiger partial charge in [-0.1, -0.05) is 13.3 Å². The summed E-state index contributed by atoms with van der Waals surface area (Å²) in [4.78, 5) is 22.5. The number of nitrogens with one attached hydrogen (secondary N) is 1. The van der Waals surface area contributed by atoms with E-state index in [-0.39, 0.29) is 18.4 Å². The zero-order valence-corrected chi connectivity index (χ0v) is 9.66. The van der Waals surface area contributed by atoms with Gasteiger partial charge in [-0.25, -0.2) is 0 Å². The minimum Gasteiger partial charge on any atom is -0.481 e. The van der Waals surface area contributed by atoms with Crippen LogP contribution in [0.1, 0.15) is 32.6 Å². The van der Waals surface area contributed by atoms with Crippen molar-refractivity contribution in [3.63, 3.8) is 0 Å². The van der Waals surface area contributed by atoms with Gasteiger partial charge in [-0.2, -0.15) is 0 Å². The van der Waals surface area contributed by atoms with Crippen LogP contribution in [0.2, 0.25) is 0 Å². The molecule has 5 heteroatoms. The van der Waals surface area contributed by atoms with E-state index in [1.54, 1.807) is 0 Å². The Morgan fingerprint density at radius 3 is 2.50 bits per heavy atom. The van der Waals surface area contributed by atoms with Gasteiger partial charge < -0.3 is 16.2 Å². The average Bonchev–Trinajstić information content (AvgIpc) is 2.15. The molecule has 0 heterocycles. The van der Waals surface area contributed by atoms with Gasteiger partial charge in [0.05, 0.1) is 5.41 Å². The lowest BCUT2D eigenvalue weighted by molar-refractivity contribution is -0.154. The van der Waals surface area contributed by atoms with Crippen molar-refractivity contribution in [1.82, 2.24) is 5.32 Å². The van der Waals surface area contributed by atoms with Gasteiger partial charge in [0.1, 0.15) is 0 Å². The summed E-state index contributed by atoms with van der Waals surface area (Å²) in [7, 11) is 0. The molecule has 0 aromatic heterocycles. The van der Waals surface area contributed by atoms with Crippen LogP contribution in [-0.2, 0) is 9.59 Å². The van der Waals surface area contributed by atoms with Crippen molar-refractivity contribution in [2.75, 3.05) is 13.1 Å². The normalized spacial score (nSPS) is 19.6. The molecule has 1 rings (SSSR count). The topological polar surface area (TPSA) is 92.4 Å². The third-order valence-corrected chi connectivity index (χ3v) is 3.32. The van der Waals surface area contributed by atoms with Gasteiger partial charge >= 0.3 is 5.97 Å². The second-order valence-corrected chi connectivity index (χ2v) is 4.76. The van der Waals surface area contributed by atoms with Gasteiger partial charge in [0, 0.05) is 13.0 Å². The maximum Gasteiger partial charge on any atom is 0.311 e. The molecule has 0 aromatic carbocycles. The Morgan fingerprint density at radius 2 is 2.12 bits per heavy atom. The number of amides is 1. The summed E-state index contributed by atoms with van der Waals surface area (Å²) in [6.45, 7) is 2.62. The smallest absolute Gasteiger partial charge is 0.311 e. The monoisotopic (exact) mass is 228 g/mol. The zero-order valence-electron chi connectivity index (χ0n) is 9.66. The van der Waals surface area contributed by atoms with Crippen LogP contribution in [0.3, 0.4) is 0 Å². The summed E-state index contributed by atoms with van der Waals surface area (Å²) in [6, 6.07) is 0. The molecule has 0 aliphatic heterocycles. The van der Waals surface area contributed by atoms with Crippen LogP contribution < -0.4 is 11.1 Å². The Kier molecular flexibility index (Phi) is 4.29. The summed E-state index contributed by atoms with van der Waals surface area (Å²) in [6.07, 6.45) is 2.62. The van der Waals surface area contributed by atoms with E-state index in [1.807, 2.05) is 6.92 Å². The number of carboxylic acid groups (broad SMARTS) is 1. The minimum absolute atomic E-state index is 0.106. The third-order valence-electron chi connectivity index (χ3n) is 3.32. The maximum atomic E-state index is 11.5. The summed E-state index contributed by atoms with van der Waals surface area (Å²) in [5.41, 5.74) is 4.71. The van der Waals surface area contributed by atoms with Crippen LogP contribution in [0.15, 0.2) is 0 Å². The first-order chi connectivity index (χ1) is 7.50. The zero-order chi connectivity index (χ0) is 12.2. The largest absolute Gasteiger partial charge is 0.481 e. The minimum atomic E-state index is -0.800. The quantitative estimate of drug-likeness (QED) is 0.611. The Labute approximate surface area is 95.4 Å². The summed E-state index contributed by atoms with van der Waals surface area (Å²) < 4.78 is 0. The molecule has 1 saturated carbocycles. The van der Waals surface area contributed by atoms with E-state index in [0.29, 0.717) is 25.8 Å². The van der Waals surface area contributed by atoms with Gasteiger partial charge in [-0.05, 0) is 25.3 Å². The number of hydrogen-bond donors (Lipinski definition) is 3. The lowest BCUT2D eigenvalue weighted by atomic mass is 9.69. The van der Waals surface area contributed by atoms with Gasteiger partial charge in [0.25, 0.3) is 0 Å². The first kappa shape index (κ1) is 13.0. The Balaban J connectivity index is 2.33. The number of carbonyl (C=O) groups is 2. The third kappa shape index (κ3) is 2.95. The number of hydrogen-bond acceptors (Lipinski definition) is 3. The van der Waals surface area contributed by atoms with Crippen molar-refractivity contribution in [3.05, 3.63) is 0 Å². The lowest BCUT2D eigenvalue weighted by Gasteiger charge is -2.37. The SMILES string of the molecule is CC(CN)CC(=O)NCC1(C(=O)O)CCC1. The van der Waals surface area contributed by atoms with Crippen molar-refractivity contribution >= 4 is 11.9 Å². The molecule has 4 N–H and O–H groups in total. The van der Waals surface area contributed by atoms with E-state index in [9.17, 15) is 9.59 Å². The number of rotatable bonds is 6. The van der Waals surface area contributed by atoms with Crippen LogP contribution in [0.4, 0.5) is 0 Å². The molecule has 1 amide bonds. The van der Waals surface area contributed by atoms with Crippen LogP contribution in [0.25, 0.3) is 0 Å². The van der Waals surface area contributed by atoms with Crippen LogP contribution in [0.5, 0.6) is 0 Å². The van der Waals surface area contributed by atoms with Gasteiger partial charge in [-0.15, -0.1) is 0 Å². The maximum absolute atomic E-state index is 11.5. The van der Waals surface area contributed by atoms with Crippen LogP contribution in [0, 0.1) is 11.3 Å². The highest BCUT2D eigenvalue weighted by Gasteiger charge is 2.44. The molecule has 1 atom stereocenters. The standard InChI is InChI=1S/C11H20N2O3/c1-8(6-12)5-9(14)13-7-11(10(15)16)3-2-4-11/h8H,2-7,12H2,1H3,(H,13,14)(H,15,16). The van der Waals surface area contributed by atoms with E-state index in [4.69, 9.17) is 10.8 Å². The Bertz CT molecular complexity index is 274. The second kappa shape index (κ2) is 5.30. The Morgan fingerprint density at radius 1 is 1.50 bits per heavy atom. The molecule has 92 valence electrons. The fourth-order valence-electron chi connectivity index (χ4n) is 1.81. The average molecular weight is 228 g/mol. The van der Waals surface area contributed by atoms with Crippen molar-refractivity contribution in [3.8, 4) is 0 Å². The first-order valence-corrected chi connectivity index (χ1v) is 5.70. The van der Waals surface area contributed by atoms with Gasteiger partial charge in [-0.3, -0.25) is 9.59 Å². The Hall–Kier alpha value is -1.10. The summed E-state index contributed by atoms with van der Waals surface area (Å²) in [5.74, 6) is -0.765. The first-order valence-electron chi connectivity index (χ1n) is 5.70. The summed E-state index contributed by atoms with van der Waals surface area (Å²) in [5, 5.41) is 11.8. The van der Waals surface area contributed by atoms with Crippen molar-refractivity contribution in [2.45, 2.75) is 32.6 Å². The number of carbonyl (C=O) groups excluding carboxylic acids is 1. The molecule has 0 spiro atoms. The fourth-order valence-corrected chi connectivity index (χ4v) is 1.81. The lowest BCUT2D eigenvalue weighted by Crippen LogP contribution is -2.47. The number of aliphatic carboxylic acids is 1. The molecule has 1 fully saturated rings. The molecular formula is C11H20N2O3. The van der Waals surface area contributed by atoms with Crippen LogP contribution >= 0.6 is 0 Å². The number of nitrogens with two attached hydrogens (primary N) is 1. The predicted octanol–water partition coefficient (Wildman–Crippen LogP) is 0.342.